The van der Waals surface area contributed by atoms with Crippen molar-refractivity contribution in [3.05, 3.63) is 35.1 Å². The Hall–Kier alpha value is -1.42. The molecule has 4 heteroatoms. The molecule has 1 aromatic rings. The van der Waals surface area contributed by atoms with E-state index in [0.717, 1.165) is 17.7 Å². The van der Waals surface area contributed by atoms with Gasteiger partial charge in [0.05, 0.1) is 6.42 Å². The molecule has 1 aromatic carbocycles. The summed E-state index contributed by atoms with van der Waals surface area (Å²) < 4.78 is 13.1. The highest BCUT2D eigenvalue weighted by atomic mass is 19.1. The fourth-order valence-corrected chi connectivity index (χ4v) is 1.65. The number of carbonyl (C=O) groups is 1. The van der Waals surface area contributed by atoms with Crippen molar-refractivity contribution in [2.75, 3.05) is 13.1 Å². The van der Waals surface area contributed by atoms with Gasteiger partial charge in [-0.1, -0.05) is 13.0 Å². The molecule has 0 heterocycles. The maximum atomic E-state index is 13.1. The quantitative estimate of drug-likeness (QED) is 0.828. The highest BCUT2D eigenvalue weighted by molar-refractivity contribution is 5.66. The lowest BCUT2D eigenvalue weighted by atomic mass is 10.1. The number of aliphatic carboxylic acids is 1. The summed E-state index contributed by atoms with van der Waals surface area (Å²) in [5.74, 6) is -1.06. The molecule has 0 bridgehead atoms. The van der Waals surface area contributed by atoms with Crippen LogP contribution in [-0.4, -0.2) is 29.1 Å². The van der Waals surface area contributed by atoms with Crippen LogP contribution in [0.4, 0.5) is 4.39 Å². The van der Waals surface area contributed by atoms with Crippen molar-refractivity contribution in [1.29, 1.82) is 0 Å². The third-order valence-corrected chi connectivity index (χ3v) is 2.79. The summed E-state index contributed by atoms with van der Waals surface area (Å²) >= 11 is 0. The van der Waals surface area contributed by atoms with Crippen LogP contribution in [0.5, 0.6) is 0 Å². The van der Waals surface area contributed by atoms with Gasteiger partial charge in [-0.15, -0.1) is 0 Å². The predicted octanol–water partition coefficient (Wildman–Crippen LogP) is 2.43. The van der Waals surface area contributed by atoms with E-state index >= 15 is 0 Å². The van der Waals surface area contributed by atoms with Gasteiger partial charge in [0.15, 0.2) is 0 Å². The molecule has 0 radical (unpaired) electrons. The Bertz CT molecular complexity index is 393. The summed E-state index contributed by atoms with van der Waals surface area (Å²) in [7, 11) is 0. The minimum atomic E-state index is -0.806. The highest BCUT2D eigenvalue weighted by Gasteiger charge is 2.08. The van der Waals surface area contributed by atoms with E-state index in [-0.39, 0.29) is 12.2 Å². The molecule has 0 spiro atoms. The summed E-state index contributed by atoms with van der Waals surface area (Å²) in [5, 5.41) is 8.64. The van der Waals surface area contributed by atoms with Crippen LogP contribution in [-0.2, 0) is 11.3 Å². The first-order chi connectivity index (χ1) is 8.02. The van der Waals surface area contributed by atoms with Crippen LogP contribution in [0.25, 0.3) is 0 Å². The van der Waals surface area contributed by atoms with Gasteiger partial charge in [-0.05, 0) is 36.7 Å². The monoisotopic (exact) mass is 239 g/mol. The van der Waals surface area contributed by atoms with Crippen LogP contribution in [0.2, 0.25) is 0 Å². The number of benzene rings is 1. The third-order valence-electron chi connectivity index (χ3n) is 2.79. The zero-order valence-electron chi connectivity index (χ0n) is 10.2. The van der Waals surface area contributed by atoms with Crippen molar-refractivity contribution in [3.63, 3.8) is 0 Å². The molecule has 0 amide bonds. The average molecular weight is 239 g/mol. The van der Waals surface area contributed by atoms with E-state index in [1.165, 1.54) is 12.1 Å². The second kappa shape index (κ2) is 6.35. The van der Waals surface area contributed by atoms with Crippen LogP contribution in [0, 0.1) is 12.7 Å². The zero-order chi connectivity index (χ0) is 12.8. The molecule has 0 aliphatic rings. The lowest BCUT2D eigenvalue weighted by Crippen LogP contribution is -2.26. The van der Waals surface area contributed by atoms with Gasteiger partial charge in [-0.2, -0.15) is 0 Å². The Balaban J connectivity index is 2.66. The Labute approximate surface area is 101 Å². The van der Waals surface area contributed by atoms with Gasteiger partial charge >= 0.3 is 5.97 Å². The van der Waals surface area contributed by atoms with Crippen LogP contribution in [0.15, 0.2) is 18.2 Å². The molecule has 0 saturated carbocycles. The molecule has 0 saturated heterocycles. The van der Waals surface area contributed by atoms with E-state index in [2.05, 4.69) is 0 Å². The lowest BCUT2D eigenvalue weighted by molar-refractivity contribution is -0.137. The number of rotatable bonds is 6. The van der Waals surface area contributed by atoms with Gasteiger partial charge in [-0.25, -0.2) is 4.39 Å². The van der Waals surface area contributed by atoms with Gasteiger partial charge in [0.1, 0.15) is 5.82 Å². The maximum absolute atomic E-state index is 13.1. The van der Waals surface area contributed by atoms with Crippen LogP contribution < -0.4 is 0 Å². The Morgan fingerprint density at radius 3 is 2.76 bits per heavy atom. The second-order valence-electron chi connectivity index (χ2n) is 4.08. The topological polar surface area (TPSA) is 40.5 Å². The molecular formula is C13H18FNO2. The van der Waals surface area contributed by atoms with Crippen LogP contribution in [0.1, 0.15) is 24.5 Å². The Morgan fingerprint density at radius 1 is 1.47 bits per heavy atom. The maximum Gasteiger partial charge on any atom is 0.304 e. The molecule has 17 heavy (non-hydrogen) atoms. The molecule has 1 N–H and O–H groups in total. The molecule has 1 rings (SSSR count). The largest absolute Gasteiger partial charge is 0.481 e. The van der Waals surface area contributed by atoms with E-state index in [4.69, 9.17) is 5.11 Å². The van der Waals surface area contributed by atoms with Crippen molar-refractivity contribution in [1.82, 2.24) is 4.90 Å². The first-order valence-electron chi connectivity index (χ1n) is 5.72. The molecule has 0 fully saturated rings. The minimum Gasteiger partial charge on any atom is -0.481 e. The number of carboxylic acids is 1. The summed E-state index contributed by atoms with van der Waals surface area (Å²) in [6.07, 6.45) is 0.113. The minimum absolute atomic E-state index is 0.113. The molecular weight excluding hydrogens is 221 g/mol. The van der Waals surface area contributed by atoms with Gasteiger partial charge < -0.3 is 5.11 Å². The highest BCUT2D eigenvalue weighted by Crippen LogP contribution is 2.13. The number of hydrogen-bond acceptors (Lipinski definition) is 2. The smallest absolute Gasteiger partial charge is 0.304 e. The third kappa shape index (κ3) is 4.53. The molecule has 94 valence electrons. The fraction of sp³-hybridized carbons (Fsp3) is 0.462. The molecule has 0 aliphatic heterocycles. The molecule has 0 aliphatic carbocycles. The lowest BCUT2D eigenvalue weighted by Gasteiger charge is -2.20. The second-order valence-corrected chi connectivity index (χ2v) is 4.08. The van der Waals surface area contributed by atoms with Crippen molar-refractivity contribution in [2.45, 2.75) is 26.8 Å². The van der Waals surface area contributed by atoms with Gasteiger partial charge in [0.2, 0.25) is 0 Å². The summed E-state index contributed by atoms with van der Waals surface area (Å²) in [5.41, 5.74) is 1.94. The van der Waals surface area contributed by atoms with E-state index in [9.17, 15) is 9.18 Å². The van der Waals surface area contributed by atoms with Crippen molar-refractivity contribution in [3.8, 4) is 0 Å². The molecule has 0 aromatic heterocycles. The molecule has 3 nitrogen and oxygen atoms in total. The zero-order valence-corrected chi connectivity index (χ0v) is 10.2. The first kappa shape index (κ1) is 13.6. The van der Waals surface area contributed by atoms with Gasteiger partial charge in [0.25, 0.3) is 0 Å². The Morgan fingerprint density at radius 2 is 2.18 bits per heavy atom. The van der Waals surface area contributed by atoms with Crippen molar-refractivity contribution >= 4 is 5.97 Å². The van der Waals surface area contributed by atoms with E-state index in [1.54, 1.807) is 6.07 Å². The molecule has 0 unspecified atom stereocenters. The summed E-state index contributed by atoms with van der Waals surface area (Å²) in [4.78, 5) is 12.5. The van der Waals surface area contributed by atoms with E-state index in [1.807, 2.05) is 18.7 Å². The molecule has 0 atom stereocenters. The number of halogens is 1. The van der Waals surface area contributed by atoms with Gasteiger partial charge in [-0.3, -0.25) is 9.69 Å². The number of carboxylic acid groups (broad SMARTS) is 1. The van der Waals surface area contributed by atoms with Crippen molar-refractivity contribution in [2.24, 2.45) is 0 Å². The van der Waals surface area contributed by atoms with Crippen molar-refractivity contribution < 1.29 is 14.3 Å². The standard InChI is InChI=1S/C13H18FNO2/c1-3-15(7-6-13(16)17)9-11-8-12(14)5-4-10(11)2/h4-5,8H,3,6-7,9H2,1-2H3,(H,16,17). The normalized spacial score (nSPS) is 10.8. The average Bonchev–Trinajstić information content (AvgIpc) is 2.28. The fourth-order valence-electron chi connectivity index (χ4n) is 1.65. The number of aryl methyl sites for hydroxylation is 1. The number of nitrogens with zero attached hydrogens (tertiary/aromatic N) is 1. The SMILES string of the molecule is CCN(CCC(=O)O)Cc1cc(F)ccc1C. The van der Waals surface area contributed by atoms with E-state index < -0.39 is 5.97 Å². The van der Waals surface area contributed by atoms with Crippen LogP contribution >= 0.6 is 0 Å². The Kier molecular flexibility index (Phi) is 5.10. The first-order valence-corrected chi connectivity index (χ1v) is 5.72. The number of hydrogen-bond donors (Lipinski definition) is 1. The summed E-state index contributed by atoms with van der Waals surface area (Å²) in [6.45, 7) is 5.73. The van der Waals surface area contributed by atoms with Crippen LogP contribution in [0.3, 0.4) is 0 Å². The van der Waals surface area contributed by atoms with Gasteiger partial charge in [0, 0.05) is 13.1 Å². The van der Waals surface area contributed by atoms with E-state index in [0.29, 0.717) is 13.1 Å². The predicted molar refractivity (Wildman–Crippen MR) is 64.3 cm³/mol. The summed E-state index contributed by atoms with van der Waals surface area (Å²) in [6, 6.07) is 4.70.